The highest BCUT2D eigenvalue weighted by molar-refractivity contribution is 6.06. The van der Waals surface area contributed by atoms with E-state index >= 15 is 0 Å². The highest BCUT2D eigenvalue weighted by Crippen LogP contribution is 2.16. The molecule has 0 aromatic heterocycles. The summed E-state index contributed by atoms with van der Waals surface area (Å²) in [5, 5.41) is 16.7. The zero-order valence-electron chi connectivity index (χ0n) is 16.1. The zero-order chi connectivity index (χ0) is 20.8. The van der Waals surface area contributed by atoms with Gasteiger partial charge in [-0.05, 0) is 55.8 Å². The fourth-order valence-corrected chi connectivity index (χ4v) is 2.74. The number of hydrogen-bond acceptors (Lipinski definition) is 4. The molecule has 146 valence electrons. The number of carbonyl (C=O) groups is 2. The van der Waals surface area contributed by atoms with E-state index < -0.39 is 5.91 Å². The summed E-state index contributed by atoms with van der Waals surface area (Å²) in [4.78, 5) is 24.6. The normalized spacial score (nSPS) is 11.0. The Labute approximate surface area is 168 Å². The third kappa shape index (κ3) is 5.07. The van der Waals surface area contributed by atoms with E-state index in [0.29, 0.717) is 17.0 Å². The number of anilines is 1. The minimum Gasteiger partial charge on any atom is -0.507 e. The molecule has 0 aliphatic carbocycles. The van der Waals surface area contributed by atoms with Crippen LogP contribution in [0.5, 0.6) is 5.75 Å². The third-order valence-electron chi connectivity index (χ3n) is 4.29. The van der Waals surface area contributed by atoms with Gasteiger partial charge in [0.25, 0.3) is 11.8 Å². The van der Waals surface area contributed by atoms with Gasteiger partial charge in [-0.2, -0.15) is 5.10 Å². The minimum atomic E-state index is -0.508. The monoisotopic (exact) mass is 387 g/mol. The van der Waals surface area contributed by atoms with Crippen molar-refractivity contribution in [3.63, 3.8) is 0 Å². The van der Waals surface area contributed by atoms with Crippen LogP contribution in [0.25, 0.3) is 0 Å². The number of aromatic hydroxyl groups is 1. The summed E-state index contributed by atoms with van der Waals surface area (Å²) in [6.07, 6.45) is 0. The van der Waals surface area contributed by atoms with E-state index in [0.717, 1.165) is 11.1 Å². The summed E-state index contributed by atoms with van der Waals surface area (Å²) >= 11 is 0. The van der Waals surface area contributed by atoms with E-state index in [-0.39, 0.29) is 17.2 Å². The van der Waals surface area contributed by atoms with Crippen LogP contribution in [0.4, 0.5) is 5.69 Å². The molecule has 0 spiro atoms. The van der Waals surface area contributed by atoms with Crippen LogP contribution in [-0.2, 0) is 0 Å². The standard InChI is InChI=1S/C23H21N3O3/c1-15-7-5-9-18(13-15)22(28)24-19-10-6-8-17(14-19)16(2)25-26-23(29)20-11-3-4-12-21(20)27/h3-14,27H,1-2H3,(H,24,28)(H,26,29). The third-order valence-corrected chi connectivity index (χ3v) is 4.29. The van der Waals surface area contributed by atoms with Crippen molar-refractivity contribution < 1.29 is 14.7 Å². The van der Waals surface area contributed by atoms with Crippen LogP contribution in [0, 0.1) is 6.92 Å². The average molecular weight is 387 g/mol. The number of benzene rings is 3. The average Bonchev–Trinajstić information content (AvgIpc) is 2.72. The predicted molar refractivity (Wildman–Crippen MR) is 113 cm³/mol. The van der Waals surface area contributed by atoms with Crippen molar-refractivity contribution in [1.82, 2.24) is 5.43 Å². The summed E-state index contributed by atoms with van der Waals surface area (Å²) in [5.41, 5.74) is 6.08. The largest absolute Gasteiger partial charge is 0.507 e. The number of nitrogens with zero attached hydrogens (tertiary/aromatic N) is 1. The van der Waals surface area contributed by atoms with Crippen molar-refractivity contribution in [3.05, 3.63) is 95.1 Å². The summed E-state index contributed by atoms with van der Waals surface area (Å²) in [6.45, 7) is 3.67. The van der Waals surface area contributed by atoms with Gasteiger partial charge < -0.3 is 10.4 Å². The zero-order valence-corrected chi connectivity index (χ0v) is 16.1. The molecular weight excluding hydrogens is 366 g/mol. The highest BCUT2D eigenvalue weighted by atomic mass is 16.3. The molecule has 0 unspecified atom stereocenters. The SMILES string of the molecule is CC(=NNC(=O)c1ccccc1O)c1cccc(NC(=O)c2cccc(C)c2)c1. The molecule has 0 atom stereocenters. The van der Waals surface area contributed by atoms with Crippen molar-refractivity contribution in [2.45, 2.75) is 13.8 Å². The maximum absolute atomic E-state index is 12.4. The van der Waals surface area contributed by atoms with Crippen LogP contribution in [0.15, 0.2) is 77.9 Å². The first kappa shape index (κ1) is 19.8. The Balaban J connectivity index is 1.71. The summed E-state index contributed by atoms with van der Waals surface area (Å²) in [6, 6.07) is 20.8. The van der Waals surface area contributed by atoms with E-state index in [4.69, 9.17) is 0 Å². The van der Waals surface area contributed by atoms with Gasteiger partial charge in [-0.3, -0.25) is 9.59 Å². The summed E-state index contributed by atoms with van der Waals surface area (Å²) in [5.74, 6) is -0.821. The number of phenolic OH excluding ortho intramolecular Hbond substituents is 1. The van der Waals surface area contributed by atoms with Crippen molar-refractivity contribution in [1.29, 1.82) is 0 Å². The molecule has 0 radical (unpaired) electrons. The van der Waals surface area contributed by atoms with Crippen LogP contribution < -0.4 is 10.7 Å². The van der Waals surface area contributed by atoms with Crippen LogP contribution in [0.3, 0.4) is 0 Å². The summed E-state index contributed by atoms with van der Waals surface area (Å²) < 4.78 is 0. The molecule has 3 N–H and O–H groups in total. The second-order valence-electron chi connectivity index (χ2n) is 6.56. The van der Waals surface area contributed by atoms with Crippen LogP contribution in [0.1, 0.15) is 38.8 Å². The molecule has 2 amide bonds. The summed E-state index contributed by atoms with van der Waals surface area (Å²) in [7, 11) is 0. The lowest BCUT2D eigenvalue weighted by Crippen LogP contribution is -2.19. The van der Waals surface area contributed by atoms with Gasteiger partial charge in [0, 0.05) is 11.3 Å². The number of hydrogen-bond donors (Lipinski definition) is 3. The van der Waals surface area contributed by atoms with Gasteiger partial charge in [0.05, 0.1) is 11.3 Å². The lowest BCUT2D eigenvalue weighted by Gasteiger charge is -2.08. The molecule has 0 saturated carbocycles. The second kappa shape index (κ2) is 8.84. The molecule has 0 saturated heterocycles. The van der Waals surface area contributed by atoms with Crippen LogP contribution in [0.2, 0.25) is 0 Å². The van der Waals surface area contributed by atoms with Gasteiger partial charge in [-0.15, -0.1) is 0 Å². The first-order valence-electron chi connectivity index (χ1n) is 9.05. The molecule has 0 heterocycles. The Bertz CT molecular complexity index is 1090. The van der Waals surface area contributed by atoms with Crippen molar-refractivity contribution >= 4 is 23.2 Å². The Morgan fingerprint density at radius 3 is 2.34 bits per heavy atom. The Morgan fingerprint density at radius 2 is 1.59 bits per heavy atom. The van der Waals surface area contributed by atoms with Gasteiger partial charge in [0.2, 0.25) is 0 Å². The molecule has 3 aromatic carbocycles. The number of para-hydroxylation sites is 1. The quantitative estimate of drug-likeness (QED) is 0.455. The molecule has 0 bridgehead atoms. The highest BCUT2D eigenvalue weighted by Gasteiger charge is 2.10. The van der Waals surface area contributed by atoms with E-state index in [1.165, 1.54) is 12.1 Å². The van der Waals surface area contributed by atoms with E-state index in [1.54, 1.807) is 43.3 Å². The van der Waals surface area contributed by atoms with Crippen molar-refractivity contribution in [2.75, 3.05) is 5.32 Å². The molecule has 6 heteroatoms. The molecule has 6 nitrogen and oxygen atoms in total. The Kier molecular flexibility index (Phi) is 6.04. The van der Waals surface area contributed by atoms with Gasteiger partial charge in [0.15, 0.2) is 0 Å². The van der Waals surface area contributed by atoms with Crippen LogP contribution in [-0.4, -0.2) is 22.6 Å². The fraction of sp³-hybridized carbons (Fsp3) is 0.0870. The number of hydrazone groups is 1. The van der Waals surface area contributed by atoms with Crippen LogP contribution >= 0.6 is 0 Å². The maximum atomic E-state index is 12.4. The second-order valence-corrected chi connectivity index (χ2v) is 6.56. The molecule has 0 aliphatic rings. The number of amides is 2. The minimum absolute atomic E-state index is 0.112. The van der Waals surface area contributed by atoms with Crippen molar-refractivity contribution in [3.8, 4) is 5.75 Å². The van der Waals surface area contributed by atoms with Crippen molar-refractivity contribution in [2.24, 2.45) is 5.10 Å². The van der Waals surface area contributed by atoms with E-state index in [2.05, 4.69) is 15.8 Å². The number of phenols is 1. The lowest BCUT2D eigenvalue weighted by atomic mass is 10.1. The lowest BCUT2D eigenvalue weighted by molar-refractivity contribution is 0.0951. The van der Waals surface area contributed by atoms with E-state index in [1.807, 2.05) is 31.2 Å². The Morgan fingerprint density at radius 1 is 0.862 bits per heavy atom. The Hall–Kier alpha value is -3.93. The molecular formula is C23H21N3O3. The number of carbonyl (C=O) groups excluding carboxylic acids is 2. The fourth-order valence-electron chi connectivity index (χ4n) is 2.74. The number of aryl methyl sites for hydroxylation is 1. The van der Waals surface area contributed by atoms with Gasteiger partial charge in [0.1, 0.15) is 5.75 Å². The smallest absolute Gasteiger partial charge is 0.275 e. The number of nitrogens with one attached hydrogen (secondary N) is 2. The topological polar surface area (TPSA) is 90.8 Å². The van der Waals surface area contributed by atoms with Gasteiger partial charge in [-0.1, -0.05) is 42.0 Å². The molecule has 29 heavy (non-hydrogen) atoms. The maximum Gasteiger partial charge on any atom is 0.275 e. The number of rotatable bonds is 5. The van der Waals surface area contributed by atoms with Gasteiger partial charge >= 0.3 is 0 Å². The van der Waals surface area contributed by atoms with Gasteiger partial charge in [-0.25, -0.2) is 5.43 Å². The first-order chi connectivity index (χ1) is 13.9. The molecule has 3 rings (SSSR count). The predicted octanol–water partition coefficient (Wildman–Crippen LogP) is 4.11. The molecule has 0 aliphatic heterocycles. The molecule has 0 fully saturated rings. The first-order valence-corrected chi connectivity index (χ1v) is 9.05. The van der Waals surface area contributed by atoms with E-state index in [9.17, 15) is 14.7 Å². The molecule has 3 aromatic rings.